The highest BCUT2D eigenvalue weighted by Gasteiger charge is 2.51. The van der Waals surface area contributed by atoms with Crippen LogP contribution in [0, 0.1) is 17.8 Å². The Morgan fingerprint density at radius 1 is 0.971 bits per heavy atom. The molecular formula is C31H39NO2. The highest BCUT2D eigenvalue weighted by Crippen LogP contribution is 2.46. The van der Waals surface area contributed by atoms with Gasteiger partial charge in [-0.3, -0.25) is 9.69 Å². The van der Waals surface area contributed by atoms with Crippen LogP contribution in [-0.2, 0) is 14.9 Å². The molecule has 2 fully saturated rings. The first kappa shape index (κ1) is 23.4. The van der Waals surface area contributed by atoms with Gasteiger partial charge in [-0.15, -0.1) is 0 Å². The summed E-state index contributed by atoms with van der Waals surface area (Å²) in [5.74, 6) is 1.14. The highest BCUT2D eigenvalue weighted by molar-refractivity contribution is 5.78. The van der Waals surface area contributed by atoms with Crippen LogP contribution in [-0.4, -0.2) is 29.1 Å². The van der Waals surface area contributed by atoms with Crippen LogP contribution in [0.5, 0.6) is 0 Å². The lowest BCUT2D eigenvalue weighted by atomic mass is 9.64. The first-order chi connectivity index (χ1) is 16.4. The van der Waals surface area contributed by atoms with Crippen molar-refractivity contribution in [3.8, 4) is 0 Å². The number of hydrogen-bond donors (Lipinski definition) is 0. The first-order valence-corrected chi connectivity index (χ1v) is 13.1. The minimum atomic E-state index is -0.192. The zero-order chi connectivity index (χ0) is 23.9. The van der Waals surface area contributed by atoms with Gasteiger partial charge in [0.1, 0.15) is 12.1 Å². The second kappa shape index (κ2) is 9.34. The van der Waals surface area contributed by atoms with Crippen molar-refractivity contribution < 1.29 is 9.53 Å². The molecule has 0 radical (unpaired) electrons. The molecule has 0 unspecified atom stereocenters. The van der Waals surface area contributed by atoms with Gasteiger partial charge in [-0.25, -0.2) is 0 Å². The molecule has 7 atom stereocenters. The van der Waals surface area contributed by atoms with Crippen molar-refractivity contribution in [2.75, 3.05) is 0 Å². The Morgan fingerprint density at radius 3 is 2.35 bits per heavy atom. The van der Waals surface area contributed by atoms with E-state index in [0.29, 0.717) is 17.9 Å². The maximum Gasteiger partial charge on any atom is 0.324 e. The van der Waals surface area contributed by atoms with Crippen LogP contribution in [0.1, 0.15) is 70.5 Å². The summed E-state index contributed by atoms with van der Waals surface area (Å²) >= 11 is 0. The van der Waals surface area contributed by atoms with E-state index in [0.717, 1.165) is 19.3 Å². The number of carbonyl (C=O) groups is 1. The third-order valence-corrected chi connectivity index (χ3v) is 8.94. The van der Waals surface area contributed by atoms with E-state index in [1.165, 1.54) is 17.5 Å². The van der Waals surface area contributed by atoms with E-state index in [1.54, 1.807) is 0 Å². The van der Waals surface area contributed by atoms with Crippen LogP contribution in [0.25, 0.3) is 0 Å². The summed E-state index contributed by atoms with van der Waals surface area (Å²) < 4.78 is 6.52. The standard InChI is InChI=1S/C31H39NO2/c1-21-15-18-27(31(3,4)25-13-9-6-10-14-25)28(19-21)34-30(33)29-24-16-17-26(20-24)32(29)22(2)23-11-7-5-8-12-23/h5-14,16-17,21-22,24,26-29H,15,18-20H2,1-4H3/t21-,22+,24-,26+,27-,28+,29-/m1/s1. The molecule has 2 aromatic carbocycles. The molecule has 1 aliphatic heterocycles. The summed E-state index contributed by atoms with van der Waals surface area (Å²) in [4.78, 5) is 16.3. The zero-order valence-corrected chi connectivity index (χ0v) is 21.1. The molecule has 2 aromatic rings. The van der Waals surface area contributed by atoms with Crippen molar-refractivity contribution in [1.82, 2.24) is 4.90 Å². The van der Waals surface area contributed by atoms with E-state index in [4.69, 9.17) is 4.74 Å². The van der Waals surface area contributed by atoms with Crippen LogP contribution in [0.3, 0.4) is 0 Å². The van der Waals surface area contributed by atoms with Gasteiger partial charge in [-0.1, -0.05) is 100 Å². The zero-order valence-electron chi connectivity index (χ0n) is 21.1. The van der Waals surface area contributed by atoms with Crippen LogP contribution < -0.4 is 0 Å². The van der Waals surface area contributed by atoms with Gasteiger partial charge in [0, 0.05) is 23.9 Å². The summed E-state index contributed by atoms with van der Waals surface area (Å²) in [5, 5.41) is 0. The second-order valence-electron chi connectivity index (χ2n) is 11.4. The smallest absolute Gasteiger partial charge is 0.324 e. The molecule has 34 heavy (non-hydrogen) atoms. The fourth-order valence-corrected chi connectivity index (χ4v) is 6.90. The topological polar surface area (TPSA) is 29.5 Å². The molecule has 1 saturated heterocycles. The largest absolute Gasteiger partial charge is 0.461 e. The maximum atomic E-state index is 13.9. The molecule has 3 aliphatic rings. The Bertz CT molecular complexity index is 1010. The van der Waals surface area contributed by atoms with Gasteiger partial charge in [0.15, 0.2) is 0 Å². The summed E-state index contributed by atoms with van der Waals surface area (Å²) in [7, 11) is 0. The maximum absolute atomic E-state index is 13.9. The Kier molecular flexibility index (Phi) is 6.41. The van der Waals surface area contributed by atoms with Crippen LogP contribution in [0.2, 0.25) is 0 Å². The van der Waals surface area contributed by atoms with Crippen molar-refractivity contribution in [2.24, 2.45) is 17.8 Å². The van der Waals surface area contributed by atoms with Gasteiger partial charge < -0.3 is 4.74 Å². The number of nitrogens with zero attached hydrogens (tertiary/aromatic N) is 1. The van der Waals surface area contributed by atoms with Crippen molar-refractivity contribution >= 4 is 5.97 Å². The summed E-state index contributed by atoms with van der Waals surface area (Å²) in [6, 6.07) is 21.6. The fraction of sp³-hybridized carbons (Fsp3) is 0.516. The minimum Gasteiger partial charge on any atom is -0.461 e. The molecular weight excluding hydrogens is 418 g/mol. The molecule has 180 valence electrons. The predicted molar refractivity (Wildman–Crippen MR) is 137 cm³/mol. The van der Waals surface area contributed by atoms with Crippen molar-refractivity contribution in [3.63, 3.8) is 0 Å². The summed E-state index contributed by atoms with van der Waals surface area (Å²) in [6.45, 7) is 9.19. The number of esters is 1. The molecule has 5 rings (SSSR count). The molecule has 1 heterocycles. The van der Waals surface area contributed by atoms with Crippen LogP contribution in [0.4, 0.5) is 0 Å². The summed E-state index contributed by atoms with van der Waals surface area (Å²) in [5.41, 5.74) is 2.55. The average molecular weight is 458 g/mol. The van der Waals surface area contributed by atoms with Crippen molar-refractivity contribution in [1.29, 1.82) is 0 Å². The Labute approximate surface area is 205 Å². The van der Waals surface area contributed by atoms with Crippen molar-refractivity contribution in [3.05, 3.63) is 83.9 Å². The minimum absolute atomic E-state index is 0.0207. The van der Waals surface area contributed by atoms with E-state index >= 15 is 0 Å². The molecule has 0 aromatic heterocycles. The average Bonchev–Trinajstić information content (AvgIpc) is 3.46. The Hall–Kier alpha value is -2.39. The molecule has 1 saturated carbocycles. The SMILES string of the molecule is C[C@@H]1CC[C@@H](C(C)(C)c2ccccc2)[C@@H](OC(=O)[C@H]2[C@@H]3C=C[C@@H](C3)N2[C@@H](C)c2ccccc2)C1. The number of rotatable bonds is 6. The molecule has 0 N–H and O–H groups in total. The van der Waals surface area contributed by atoms with Gasteiger partial charge in [0.25, 0.3) is 0 Å². The molecule has 0 amide bonds. The number of ether oxygens (including phenoxy) is 1. The number of likely N-dealkylation sites (tertiary alicyclic amines) is 1. The van der Waals surface area contributed by atoms with Crippen molar-refractivity contribution in [2.45, 2.75) is 83.0 Å². The molecule has 3 heteroatoms. The lowest BCUT2D eigenvalue weighted by Gasteiger charge is -2.45. The predicted octanol–water partition coefficient (Wildman–Crippen LogP) is 6.70. The van der Waals surface area contributed by atoms with Gasteiger partial charge in [-0.2, -0.15) is 0 Å². The quantitative estimate of drug-likeness (QED) is 0.357. The van der Waals surface area contributed by atoms with E-state index in [9.17, 15) is 4.79 Å². The fourth-order valence-electron chi connectivity index (χ4n) is 6.90. The van der Waals surface area contributed by atoms with Gasteiger partial charge in [-0.05, 0) is 48.6 Å². The molecule has 0 spiro atoms. The van der Waals surface area contributed by atoms with Gasteiger partial charge in [0.05, 0.1) is 0 Å². The van der Waals surface area contributed by atoms with E-state index < -0.39 is 0 Å². The van der Waals surface area contributed by atoms with E-state index in [2.05, 4.69) is 105 Å². The van der Waals surface area contributed by atoms with E-state index in [1.807, 2.05) is 0 Å². The number of benzene rings is 2. The highest BCUT2D eigenvalue weighted by atomic mass is 16.5. The number of fused-ring (bicyclic) bond motifs is 2. The first-order valence-electron chi connectivity index (χ1n) is 13.1. The van der Waals surface area contributed by atoms with E-state index in [-0.39, 0.29) is 35.5 Å². The van der Waals surface area contributed by atoms with Gasteiger partial charge >= 0.3 is 5.97 Å². The summed E-state index contributed by atoms with van der Waals surface area (Å²) in [6.07, 6.45) is 8.78. The van der Waals surface area contributed by atoms with Crippen LogP contribution >= 0.6 is 0 Å². The third kappa shape index (κ3) is 4.24. The molecule has 2 aliphatic carbocycles. The van der Waals surface area contributed by atoms with Crippen LogP contribution in [0.15, 0.2) is 72.8 Å². The second-order valence-corrected chi connectivity index (χ2v) is 11.4. The number of hydrogen-bond acceptors (Lipinski definition) is 3. The Balaban J connectivity index is 1.38. The molecule has 3 nitrogen and oxygen atoms in total. The lowest BCUT2D eigenvalue weighted by molar-refractivity contribution is -0.164. The monoisotopic (exact) mass is 457 g/mol. The normalized spacial score (nSPS) is 32.0. The molecule has 2 bridgehead atoms. The van der Waals surface area contributed by atoms with Gasteiger partial charge in [0.2, 0.25) is 0 Å². The lowest BCUT2D eigenvalue weighted by Crippen LogP contribution is -2.49. The third-order valence-electron chi connectivity index (χ3n) is 8.94. The number of carbonyl (C=O) groups excluding carboxylic acids is 1. The Morgan fingerprint density at radius 2 is 1.65 bits per heavy atom.